The van der Waals surface area contributed by atoms with Gasteiger partial charge in [0.25, 0.3) is 11.7 Å². The van der Waals surface area contributed by atoms with Crippen LogP contribution in [0.5, 0.6) is 11.5 Å². The van der Waals surface area contributed by atoms with Crippen LogP contribution >= 0.6 is 23.2 Å². The van der Waals surface area contributed by atoms with E-state index >= 15 is 0 Å². The molecule has 0 bridgehead atoms. The Labute approximate surface area is 222 Å². The van der Waals surface area contributed by atoms with Gasteiger partial charge in [-0.3, -0.25) is 14.5 Å². The Morgan fingerprint density at radius 3 is 2.43 bits per heavy atom. The van der Waals surface area contributed by atoms with E-state index in [1.54, 1.807) is 12.3 Å². The van der Waals surface area contributed by atoms with Crippen LogP contribution in [0.4, 0.5) is 5.69 Å². The van der Waals surface area contributed by atoms with Gasteiger partial charge in [-0.25, -0.2) is 0 Å². The number of aryl methyl sites for hydroxylation is 1. The molecule has 2 heterocycles. The highest BCUT2D eigenvalue weighted by molar-refractivity contribution is 6.52. The van der Waals surface area contributed by atoms with Crippen molar-refractivity contribution in [2.45, 2.75) is 13.0 Å². The third-order valence-electron chi connectivity index (χ3n) is 6.43. The van der Waals surface area contributed by atoms with Crippen molar-refractivity contribution in [2.24, 2.45) is 0 Å². The van der Waals surface area contributed by atoms with Crippen molar-refractivity contribution in [1.82, 2.24) is 4.98 Å². The van der Waals surface area contributed by atoms with Crippen LogP contribution in [-0.2, 0) is 9.59 Å². The van der Waals surface area contributed by atoms with E-state index in [4.69, 9.17) is 32.7 Å². The maximum Gasteiger partial charge on any atom is 0.300 e. The molecule has 4 aromatic rings. The molecular weight excluding hydrogens is 515 g/mol. The summed E-state index contributed by atoms with van der Waals surface area (Å²) < 4.78 is 10.7. The van der Waals surface area contributed by atoms with Gasteiger partial charge in [0.1, 0.15) is 10.8 Å². The number of carbonyl (C=O) groups excluding carboxylic acids is 2. The molecular formula is C28H22Cl2N2O5. The van der Waals surface area contributed by atoms with E-state index in [0.29, 0.717) is 11.3 Å². The van der Waals surface area contributed by atoms with Gasteiger partial charge in [0.05, 0.1) is 36.4 Å². The fraction of sp³-hybridized carbons (Fsp3) is 0.143. The number of carbonyl (C=O) groups is 2. The zero-order valence-electron chi connectivity index (χ0n) is 20.1. The summed E-state index contributed by atoms with van der Waals surface area (Å²) in [6, 6.07) is 15.3. The second-order valence-electron chi connectivity index (χ2n) is 8.58. The molecule has 0 spiro atoms. The highest BCUT2D eigenvalue weighted by atomic mass is 35.5. The molecule has 2 N–H and O–H groups in total. The van der Waals surface area contributed by atoms with Gasteiger partial charge in [-0.2, -0.15) is 0 Å². The lowest BCUT2D eigenvalue weighted by atomic mass is 9.94. The molecule has 1 amide bonds. The van der Waals surface area contributed by atoms with Gasteiger partial charge >= 0.3 is 0 Å². The molecule has 1 saturated heterocycles. The third kappa shape index (κ3) is 3.91. The van der Waals surface area contributed by atoms with Crippen LogP contribution in [0.1, 0.15) is 22.7 Å². The van der Waals surface area contributed by atoms with Gasteiger partial charge in [0, 0.05) is 28.4 Å². The lowest BCUT2D eigenvalue weighted by molar-refractivity contribution is -0.132. The average Bonchev–Trinajstić information content (AvgIpc) is 3.42. The molecule has 0 radical (unpaired) electrons. The molecule has 1 aliphatic heterocycles. The number of nitrogens with zero attached hydrogens (tertiary/aromatic N) is 1. The Bertz CT molecular complexity index is 1610. The number of aliphatic hydroxyl groups excluding tert-OH is 1. The minimum Gasteiger partial charge on any atom is -0.507 e. The Morgan fingerprint density at radius 2 is 1.73 bits per heavy atom. The number of aliphatic hydroxyl groups is 1. The van der Waals surface area contributed by atoms with Crippen LogP contribution in [0.3, 0.4) is 0 Å². The number of benzene rings is 3. The van der Waals surface area contributed by atoms with Crippen molar-refractivity contribution in [3.63, 3.8) is 0 Å². The molecule has 1 atom stereocenters. The molecule has 7 nitrogen and oxygen atoms in total. The Kier molecular flexibility index (Phi) is 6.35. The first-order chi connectivity index (χ1) is 17.8. The van der Waals surface area contributed by atoms with Gasteiger partial charge in [-0.15, -0.1) is 0 Å². The summed E-state index contributed by atoms with van der Waals surface area (Å²) in [6.45, 7) is 1.90. The Hall–Kier alpha value is -3.94. The maximum absolute atomic E-state index is 13.6. The quantitative estimate of drug-likeness (QED) is 0.174. The fourth-order valence-corrected chi connectivity index (χ4v) is 5.47. The highest BCUT2D eigenvalue weighted by Crippen LogP contribution is 2.48. The summed E-state index contributed by atoms with van der Waals surface area (Å²) in [7, 11) is 2.77. The van der Waals surface area contributed by atoms with E-state index in [9.17, 15) is 14.7 Å². The molecule has 37 heavy (non-hydrogen) atoms. The van der Waals surface area contributed by atoms with Gasteiger partial charge in [0.2, 0.25) is 0 Å². The normalized spacial score (nSPS) is 17.0. The van der Waals surface area contributed by atoms with Gasteiger partial charge in [0.15, 0.2) is 11.5 Å². The van der Waals surface area contributed by atoms with Crippen LogP contribution in [0.25, 0.3) is 16.7 Å². The fourth-order valence-electron chi connectivity index (χ4n) is 4.78. The smallest absolute Gasteiger partial charge is 0.300 e. The molecule has 1 unspecified atom stereocenters. The average molecular weight is 537 g/mol. The number of halogens is 2. The van der Waals surface area contributed by atoms with E-state index in [0.717, 1.165) is 16.5 Å². The number of aromatic amines is 1. The molecule has 5 rings (SSSR count). The van der Waals surface area contributed by atoms with E-state index < -0.39 is 23.5 Å². The number of hydrogen-bond acceptors (Lipinski definition) is 5. The molecule has 1 aliphatic rings. The summed E-state index contributed by atoms with van der Waals surface area (Å²) in [5.74, 6) is -1.87. The van der Waals surface area contributed by atoms with Crippen molar-refractivity contribution >= 4 is 57.2 Å². The largest absolute Gasteiger partial charge is 0.507 e. The molecule has 0 saturated carbocycles. The minimum atomic E-state index is -0.942. The summed E-state index contributed by atoms with van der Waals surface area (Å²) >= 11 is 12.8. The highest BCUT2D eigenvalue weighted by Gasteiger charge is 2.48. The van der Waals surface area contributed by atoms with Crippen molar-refractivity contribution < 1.29 is 24.2 Å². The van der Waals surface area contributed by atoms with Crippen LogP contribution in [0.2, 0.25) is 10.0 Å². The number of nitrogens with one attached hydrogen (secondary N) is 1. The molecule has 1 fully saturated rings. The first kappa shape index (κ1) is 24.7. The van der Waals surface area contributed by atoms with Crippen LogP contribution in [0.15, 0.2) is 66.4 Å². The molecule has 188 valence electrons. The zero-order chi connectivity index (χ0) is 26.4. The van der Waals surface area contributed by atoms with Crippen molar-refractivity contribution in [3.05, 3.63) is 93.1 Å². The Balaban J connectivity index is 1.83. The number of Topliss-reactive ketones (excluding diaryl/α,β-unsaturated/α-hetero) is 1. The number of hydrogen-bond donors (Lipinski definition) is 2. The number of aromatic nitrogens is 1. The SMILES string of the molecule is COc1c(Cl)cc(/C(O)=C2\C(=O)C(=O)N(c3cccc(C)c3)C2c2c[nH]c3ccccc23)c(OC)c1Cl. The molecule has 9 heteroatoms. The summed E-state index contributed by atoms with van der Waals surface area (Å²) in [5, 5.41) is 12.6. The standard InChI is InChI=1S/C28H22Cl2N2O5/c1-14-7-6-8-15(11-14)32-23(18-13-31-20-10-5-4-9-16(18)20)21(25(34)28(32)35)24(33)17-12-19(29)27(37-3)22(30)26(17)36-2/h4-13,23,31,33H,1-3H3/b24-21+. The first-order valence-corrected chi connectivity index (χ1v) is 12.1. The monoisotopic (exact) mass is 536 g/mol. The predicted octanol–water partition coefficient (Wildman–Crippen LogP) is 6.43. The topological polar surface area (TPSA) is 91.9 Å². The Morgan fingerprint density at radius 1 is 1.00 bits per heavy atom. The predicted molar refractivity (Wildman–Crippen MR) is 144 cm³/mol. The molecule has 1 aromatic heterocycles. The summed E-state index contributed by atoms with van der Waals surface area (Å²) in [6.07, 6.45) is 1.74. The zero-order valence-corrected chi connectivity index (χ0v) is 21.6. The molecule has 0 aliphatic carbocycles. The van der Waals surface area contributed by atoms with Crippen molar-refractivity contribution in [3.8, 4) is 11.5 Å². The van der Waals surface area contributed by atoms with Gasteiger partial charge in [-0.1, -0.05) is 53.5 Å². The van der Waals surface area contributed by atoms with Crippen LogP contribution < -0.4 is 14.4 Å². The van der Waals surface area contributed by atoms with Gasteiger partial charge < -0.3 is 19.6 Å². The number of anilines is 1. The van der Waals surface area contributed by atoms with E-state index in [-0.39, 0.29) is 32.7 Å². The van der Waals surface area contributed by atoms with E-state index in [2.05, 4.69) is 4.98 Å². The lowest BCUT2D eigenvalue weighted by Crippen LogP contribution is -2.29. The molecule has 3 aromatic carbocycles. The lowest BCUT2D eigenvalue weighted by Gasteiger charge is -2.25. The number of methoxy groups -OCH3 is 2. The minimum absolute atomic E-state index is 0.0237. The first-order valence-electron chi connectivity index (χ1n) is 11.3. The summed E-state index contributed by atoms with van der Waals surface area (Å²) in [4.78, 5) is 31.7. The number of ether oxygens (including phenoxy) is 2. The number of rotatable bonds is 5. The van der Waals surface area contributed by atoms with Crippen molar-refractivity contribution in [1.29, 1.82) is 0 Å². The van der Waals surface area contributed by atoms with Crippen molar-refractivity contribution in [2.75, 3.05) is 19.1 Å². The third-order valence-corrected chi connectivity index (χ3v) is 7.06. The number of H-pyrrole nitrogens is 1. The van der Waals surface area contributed by atoms with E-state index in [1.807, 2.05) is 49.4 Å². The maximum atomic E-state index is 13.6. The van der Waals surface area contributed by atoms with Crippen LogP contribution in [-0.4, -0.2) is 36.0 Å². The van der Waals surface area contributed by atoms with Crippen LogP contribution in [0, 0.1) is 6.92 Å². The second kappa shape index (κ2) is 9.50. The number of amides is 1. The van der Waals surface area contributed by atoms with Gasteiger partial charge in [-0.05, 0) is 36.8 Å². The second-order valence-corrected chi connectivity index (χ2v) is 9.37. The van der Waals surface area contributed by atoms with E-state index in [1.165, 1.54) is 25.2 Å². The number of ketones is 1. The number of para-hydroxylation sites is 1. The number of fused-ring (bicyclic) bond motifs is 1. The summed E-state index contributed by atoms with van der Waals surface area (Å²) in [5.41, 5.74) is 2.84.